The third-order valence-corrected chi connectivity index (χ3v) is 6.79. The van der Waals surface area contributed by atoms with E-state index in [1.54, 1.807) is 11.6 Å². The normalized spacial score (nSPS) is 14.4. The highest BCUT2D eigenvalue weighted by Gasteiger charge is 2.38. The number of thiophene rings is 1. The zero-order valence-corrected chi connectivity index (χ0v) is 20.5. The van der Waals surface area contributed by atoms with Crippen molar-refractivity contribution in [3.8, 4) is 5.75 Å². The molecule has 2 aromatic heterocycles. The van der Waals surface area contributed by atoms with E-state index in [4.69, 9.17) is 19.4 Å². The third kappa shape index (κ3) is 6.15. The van der Waals surface area contributed by atoms with Gasteiger partial charge in [-0.1, -0.05) is 18.2 Å². The minimum absolute atomic E-state index is 0.154. The number of alkyl halides is 3. The number of fused-ring (bicyclic) bond motifs is 3. The highest BCUT2D eigenvalue weighted by Crippen LogP contribution is 2.39. The van der Waals surface area contributed by atoms with Crippen molar-refractivity contribution in [3.05, 3.63) is 39.5 Å². The molecule has 0 radical (unpaired) electrons. The standard InChI is InChI=1S/C21H25N3O4S.C2HF3O2/c1-23-15-7-4-3-6-14(15)18-16(21(23)26)17(27-2)19(29-18)20(25)22-8-5-9-24-10-12-28-13-11-24;3-2(4,5)1(6)7/h3-4,6-7H,5,8-13H2,1-2H3,(H,22,25);(H,6,7). The Bertz CT molecular complexity index is 1300. The number of pyridine rings is 1. The van der Waals surface area contributed by atoms with Crippen molar-refractivity contribution in [3.63, 3.8) is 0 Å². The number of halogens is 3. The average Bonchev–Trinajstić information content (AvgIpc) is 3.26. The number of para-hydroxylation sites is 1. The fraction of sp³-hybridized carbons (Fsp3) is 0.435. The van der Waals surface area contributed by atoms with Gasteiger partial charge in [-0.25, -0.2) is 4.79 Å². The molecule has 1 saturated heterocycles. The number of hydrogen-bond donors (Lipinski definition) is 2. The number of carbonyl (C=O) groups is 2. The second-order valence-electron chi connectivity index (χ2n) is 7.92. The van der Waals surface area contributed by atoms with Crippen LogP contribution in [-0.2, 0) is 16.6 Å². The molecule has 1 aliphatic rings. The number of rotatable bonds is 6. The molecule has 0 unspecified atom stereocenters. The number of carboxylic acids is 1. The van der Waals surface area contributed by atoms with E-state index in [-0.39, 0.29) is 11.5 Å². The molecule has 2 N–H and O–H groups in total. The first-order valence-corrected chi connectivity index (χ1v) is 11.8. The maximum Gasteiger partial charge on any atom is 0.490 e. The SMILES string of the molecule is COc1c(C(=O)NCCCN2CCOCC2)sc2c1c(=O)n(C)c1ccccc21.O=C(O)C(F)(F)F. The van der Waals surface area contributed by atoms with Gasteiger partial charge in [-0.15, -0.1) is 11.3 Å². The summed E-state index contributed by atoms with van der Waals surface area (Å²) >= 11 is 1.32. The van der Waals surface area contributed by atoms with Crippen molar-refractivity contribution in [2.75, 3.05) is 46.5 Å². The zero-order valence-electron chi connectivity index (χ0n) is 19.7. The second kappa shape index (κ2) is 11.7. The van der Waals surface area contributed by atoms with Crippen LogP contribution in [-0.4, -0.2) is 79.1 Å². The summed E-state index contributed by atoms with van der Waals surface area (Å²) in [6.07, 6.45) is -4.22. The Morgan fingerprint density at radius 1 is 1.22 bits per heavy atom. The quantitative estimate of drug-likeness (QED) is 0.473. The summed E-state index contributed by atoms with van der Waals surface area (Å²) in [4.78, 5) is 37.5. The van der Waals surface area contributed by atoms with Crippen LogP contribution in [0.3, 0.4) is 0 Å². The van der Waals surface area contributed by atoms with Crippen molar-refractivity contribution in [2.45, 2.75) is 12.6 Å². The van der Waals surface area contributed by atoms with E-state index in [1.165, 1.54) is 18.4 Å². The van der Waals surface area contributed by atoms with Crippen LogP contribution in [0.15, 0.2) is 29.1 Å². The number of aliphatic carboxylic acids is 1. The first kappa shape index (κ1) is 27.4. The zero-order chi connectivity index (χ0) is 26.5. The smallest absolute Gasteiger partial charge is 0.490 e. The van der Waals surface area contributed by atoms with Gasteiger partial charge in [0.2, 0.25) is 0 Å². The maximum atomic E-state index is 12.9. The highest BCUT2D eigenvalue weighted by atomic mass is 32.1. The molecule has 13 heteroatoms. The minimum atomic E-state index is -5.08. The summed E-state index contributed by atoms with van der Waals surface area (Å²) in [5, 5.41) is 11.5. The lowest BCUT2D eigenvalue weighted by molar-refractivity contribution is -0.192. The van der Waals surface area contributed by atoms with Crippen molar-refractivity contribution in [1.29, 1.82) is 0 Å². The van der Waals surface area contributed by atoms with Crippen LogP contribution in [0, 0.1) is 0 Å². The predicted octanol–water partition coefficient (Wildman–Crippen LogP) is 2.85. The van der Waals surface area contributed by atoms with E-state index in [0.717, 1.165) is 54.9 Å². The van der Waals surface area contributed by atoms with Crippen LogP contribution in [0.5, 0.6) is 5.75 Å². The number of amides is 1. The number of nitrogens with zero attached hydrogens (tertiary/aromatic N) is 2. The van der Waals surface area contributed by atoms with Crippen LogP contribution in [0.2, 0.25) is 0 Å². The molecule has 1 fully saturated rings. The van der Waals surface area contributed by atoms with Gasteiger partial charge in [0, 0.05) is 32.1 Å². The summed E-state index contributed by atoms with van der Waals surface area (Å²) in [6.45, 7) is 4.93. The topological polar surface area (TPSA) is 110 Å². The molecule has 1 aliphatic heterocycles. The summed E-state index contributed by atoms with van der Waals surface area (Å²) in [7, 11) is 3.25. The van der Waals surface area contributed by atoms with E-state index in [9.17, 15) is 22.8 Å². The number of ether oxygens (including phenoxy) is 2. The number of carbonyl (C=O) groups excluding carboxylic acids is 1. The van der Waals surface area contributed by atoms with Crippen LogP contribution in [0.4, 0.5) is 13.2 Å². The lowest BCUT2D eigenvalue weighted by Crippen LogP contribution is -2.38. The Hall–Kier alpha value is -3.16. The number of carboxylic acid groups (broad SMARTS) is 1. The average molecular weight is 530 g/mol. The number of aromatic nitrogens is 1. The number of morpholine rings is 1. The molecule has 1 amide bonds. The molecule has 3 aromatic rings. The molecule has 3 heterocycles. The van der Waals surface area contributed by atoms with Gasteiger partial charge < -0.3 is 24.5 Å². The fourth-order valence-electron chi connectivity index (χ4n) is 3.79. The summed E-state index contributed by atoms with van der Waals surface area (Å²) < 4.78 is 45.0. The van der Waals surface area contributed by atoms with Gasteiger partial charge in [0.05, 0.1) is 30.5 Å². The molecule has 9 nitrogen and oxygen atoms in total. The molecule has 36 heavy (non-hydrogen) atoms. The van der Waals surface area contributed by atoms with E-state index in [0.29, 0.717) is 22.6 Å². The number of nitrogens with one attached hydrogen (secondary N) is 1. The van der Waals surface area contributed by atoms with Gasteiger partial charge >= 0.3 is 12.1 Å². The van der Waals surface area contributed by atoms with Crippen LogP contribution in [0.1, 0.15) is 16.1 Å². The lowest BCUT2D eigenvalue weighted by atomic mass is 10.1. The molecule has 0 aliphatic carbocycles. The number of aryl methyl sites for hydroxylation is 1. The van der Waals surface area contributed by atoms with Crippen molar-refractivity contribution < 1.29 is 37.3 Å². The second-order valence-corrected chi connectivity index (χ2v) is 8.94. The number of hydrogen-bond acceptors (Lipinski definition) is 7. The van der Waals surface area contributed by atoms with Gasteiger partial charge in [0.15, 0.2) is 5.75 Å². The van der Waals surface area contributed by atoms with Crippen LogP contribution >= 0.6 is 11.3 Å². The molecule has 196 valence electrons. The Labute approximate surface area is 208 Å². The molecule has 4 rings (SSSR count). The Morgan fingerprint density at radius 3 is 2.47 bits per heavy atom. The van der Waals surface area contributed by atoms with Crippen molar-refractivity contribution in [1.82, 2.24) is 14.8 Å². The van der Waals surface area contributed by atoms with Gasteiger partial charge in [-0.2, -0.15) is 13.2 Å². The van der Waals surface area contributed by atoms with Crippen LogP contribution in [0.25, 0.3) is 21.0 Å². The molecule has 1 aromatic carbocycles. The molecule has 0 spiro atoms. The Kier molecular flexibility index (Phi) is 8.93. The first-order valence-electron chi connectivity index (χ1n) is 11.0. The van der Waals surface area contributed by atoms with Crippen molar-refractivity contribution in [2.24, 2.45) is 7.05 Å². The molecule has 0 bridgehead atoms. The number of methoxy groups -OCH3 is 1. The van der Waals surface area contributed by atoms with E-state index in [1.807, 2.05) is 24.3 Å². The molecule has 0 atom stereocenters. The molecular formula is C23H26F3N3O6S. The van der Waals surface area contributed by atoms with Gasteiger partial charge in [-0.05, 0) is 19.0 Å². The van der Waals surface area contributed by atoms with E-state index in [2.05, 4.69) is 10.2 Å². The van der Waals surface area contributed by atoms with Gasteiger partial charge in [-0.3, -0.25) is 14.5 Å². The molecule has 0 saturated carbocycles. The minimum Gasteiger partial charge on any atom is -0.494 e. The summed E-state index contributed by atoms with van der Waals surface area (Å²) in [5.74, 6) is -2.59. The number of benzene rings is 1. The largest absolute Gasteiger partial charge is 0.494 e. The monoisotopic (exact) mass is 529 g/mol. The highest BCUT2D eigenvalue weighted by molar-refractivity contribution is 7.22. The Balaban J connectivity index is 0.000000454. The van der Waals surface area contributed by atoms with E-state index >= 15 is 0 Å². The first-order chi connectivity index (χ1) is 17.1. The van der Waals surface area contributed by atoms with Gasteiger partial charge in [0.1, 0.15) is 10.3 Å². The Morgan fingerprint density at radius 2 is 1.86 bits per heavy atom. The van der Waals surface area contributed by atoms with Crippen LogP contribution < -0.4 is 15.6 Å². The molecular weight excluding hydrogens is 503 g/mol. The van der Waals surface area contributed by atoms with E-state index < -0.39 is 12.1 Å². The third-order valence-electron chi connectivity index (χ3n) is 5.59. The maximum absolute atomic E-state index is 12.9. The lowest BCUT2D eigenvalue weighted by Gasteiger charge is -2.26. The van der Waals surface area contributed by atoms with Gasteiger partial charge in [0.25, 0.3) is 11.5 Å². The summed E-state index contributed by atoms with van der Waals surface area (Å²) in [5.41, 5.74) is 0.685. The van der Waals surface area contributed by atoms with Crippen molar-refractivity contribution >= 4 is 44.2 Å². The fourth-order valence-corrected chi connectivity index (χ4v) is 5.00. The summed E-state index contributed by atoms with van der Waals surface area (Å²) in [6, 6.07) is 7.72. The predicted molar refractivity (Wildman–Crippen MR) is 129 cm³/mol.